The van der Waals surface area contributed by atoms with Crippen LogP contribution >= 0.6 is 11.3 Å². The van der Waals surface area contributed by atoms with Gasteiger partial charge in [0, 0.05) is 37.8 Å². The van der Waals surface area contributed by atoms with Crippen molar-refractivity contribution < 1.29 is 19.3 Å². The zero-order valence-electron chi connectivity index (χ0n) is 17.9. The number of fused-ring (bicyclic) bond motifs is 1. The number of rotatable bonds is 6. The summed E-state index contributed by atoms with van der Waals surface area (Å²) in [6.07, 6.45) is 0. The van der Waals surface area contributed by atoms with Gasteiger partial charge in [0.05, 0.1) is 32.2 Å². The quantitative estimate of drug-likeness (QED) is 0.633. The zero-order valence-corrected chi connectivity index (χ0v) is 18.7. The fourth-order valence-electron chi connectivity index (χ4n) is 3.90. The van der Waals surface area contributed by atoms with Gasteiger partial charge in [-0.2, -0.15) is 4.52 Å². The Balaban J connectivity index is 1.91. The minimum absolute atomic E-state index is 0.100. The number of benzene rings is 1. The van der Waals surface area contributed by atoms with Crippen molar-refractivity contribution in [3.8, 4) is 23.1 Å². The molecule has 9 nitrogen and oxygen atoms in total. The third-order valence-corrected chi connectivity index (χ3v) is 6.54. The van der Waals surface area contributed by atoms with Crippen LogP contribution in [-0.4, -0.2) is 84.1 Å². The molecule has 3 aromatic rings. The van der Waals surface area contributed by atoms with Crippen molar-refractivity contribution in [3.05, 3.63) is 28.4 Å². The molecule has 1 fully saturated rings. The van der Waals surface area contributed by atoms with Crippen LogP contribution in [0.25, 0.3) is 4.96 Å². The van der Waals surface area contributed by atoms with Gasteiger partial charge in [-0.15, -0.1) is 5.10 Å². The fraction of sp³-hybridized carbons (Fsp3) is 0.500. The molecule has 10 heteroatoms. The van der Waals surface area contributed by atoms with Gasteiger partial charge >= 0.3 is 0 Å². The van der Waals surface area contributed by atoms with Crippen LogP contribution in [0.15, 0.2) is 12.1 Å². The number of thiazole rings is 1. The van der Waals surface area contributed by atoms with E-state index in [0.717, 1.165) is 36.6 Å². The second-order valence-electron chi connectivity index (χ2n) is 7.34. The predicted octanol–water partition coefficient (Wildman–Crippen LogP) is 2.17. The predicted molar refractivity (Wildman–Crippen MR) is 114 cm³/mol. The molecule has 1 aromatic carbocycles. The molecule has 1 N–H and O–H groups in total. The Labute approximate surface area is 179 Å². The first-order chi connectivity index (χ1) is 14.5. The first-order valence-corrected chi connectivity index (χ1v) is 10.6. The highest BCUT2D eigenvalue weighted by atomic mass is 32.1. The highest BCUT2D eigenvalue weighted by Gasteiger charge is 2.34. The van der Waals surface area contributed by atoms with E-state index in [1.807, 2.05) is 13.0 Å². The van der Waals surface area contributed by atoms with Crippen LogP contribution in [0.5, 0.6) is 23.1 Å². The summed E-state index contributed by atoms with van der Waals surface area (Å²) in [5, 5.41) is 15.4. The summed E-state index contributed by atoms with van der Waals surface area (Å²) in [6, 6.07) is 3.49. The van der Waals surface area contributed by atoms with Crippen LogP contribution in [0, 0.1) is 6.92 Å². The molecule has 0 radical (unpaired) electrons. The Morgan fingerprint density at radius 1 is 1.07 bits per heavy atom. The van der Waals surface area contributed by atoms with Gasteiger partial charge in [0.2, 0.25) is 10.8 Å². The van der Waals surface area contributed by atoms with E-state index >= 15 is 0 Å². The maximum Gasteiger partial charge on any atom is 0.230 e. The van der Waals surface area contributed by atoms with Gasteiger partial charge in [-0.1, -0.05) is 11.3 Å². The van der Waals surface area contributed by atoms with Crippen molar-refractivity contribution in [1.29, 1.82) is 0 Å². The number of aryl methyl sites for hydroxylation is 1. The smallest absolute Gasteiger partial charge is 0.230 e. The van der Waals surface area contributed by atoms with Crippen molar-refractivity contribution in [3.63, 3.8) is 0 Å². The van der Waals surface area contributed by atoms with Crippen LogP contribution in [-0.2, 0) is 0 Å². The molecule has 1 saturated heterocycles. The van der Waals surface area contributed by atoms with Gasteiger partial charge in [0.25, 0.3) is 0 Å². The van der Waals surface area contributed by atoms with Crippen molar-refractivity contribution in [2.75, 3.05) is 54.6 Å². The van der Waals surface area contributed by atoms with E-state index in [2.05, 4.69) is 26.9 Å². The van der Waals surface area contributed by atoms with Crippen molar-refractivity contribution in [2.45, 2.75) is 13.0 Å². The van der Waals surface area contributed by atoms with Gasteiger partial charge in [0.15, 0.2) is 11.5 Å². The lowest BCUT2D eigenvalue weighted by Gasteiger charge is -2.38. The summed E-state index contributed by atoms with van der Waals surface area (Å²) in [6.45, 7) is 5.36. The molecule has 2 aromatic heterocycles. The van der Waals surface area contributed by atoms with E-state index in [4.69, 9.17) is 14.2 Å². The van der Waals surface area contributed by atoms with E-state index in [0.29, 0.717) is 28.0 Å². The second-order valence-corrected chi connectivity index (χ2v) is 8.35. The van der Waals surface area contributed by atoms with E-state index < -0.39 is 0 Å². The number of nitrogens with zero attached hydrogens (tertiary/aromatic N) is 5. The van der Waals surface area contributed by atoms with Gasteiger partial charge in [-0.25, -0.2) is 4.98 Å². The number of ether oxygens (including phenoxy) is 3. The number of aromatic nitrogens is 3. The zero-order chi connectivity index (χ0) is 21.4. The SMILES string of the molecule is COc1cc(OC)c(OC)c([C@H](c2sc3nc(C)nn3c2O)N2CCN(C)CC2)c1. The Hall–Kier alpha value is -2.56. The lowest BCUT2D eigenvalue weighted by atomic mass is 10.00. The largest absolute Gasteiger partial charge is 0.497 e. The normalized spacial score (nSPS) is 16.7. The lowest BCUT2D eigenvalue weighted by Crippen LogP contribution is -2.46. The maximum atomic E-state index is 11.1. The third kappa shape index (κ3) is 3.55. The van der Waals surface area contributed by atoms with E-state index in [-0.39, 0.29) is 11.9 Å². The molecule has 30 heavy (non-hydrogen) atoms. The Morgan fingerprint density at radius 3 is 2.40 bits per heavy atom. The monoisotopic (exact) mass is 433 g/mol. The maximum absolute atomic E-state index is 11.1. The first kappa shape index (κ1) is 20.7. The highest BCUT2D eigenvalue weighted by molar-refractivity contribution is 7.17. The second kappa shape index (κ2) is 8.29. The standard InChI is InChI=1S/C20H27N5O4S/c1-12-21-20-25(22-12)19(26)18(30-20)16(24-8-6-23(2)7-9-24)14-10-13(27-3)11-15(28-4)17(14)29-5/h10-11,16,26H,6-9H2,1-5H3/t16-/m1/s1. The van der Waals surface area contributed by atoms with E-state index in [1.165, 1.54) is 15.9 Å². The first-order valence-electron chi connectivity index (χ1n) is 9.74. The molecule has 3 heterocycles. The molecule has 1 atom stereocenters. The molecule has 0 unspecified atom stereocenters. The Morgan fingerprint density at radius 2 is 1.80 bits per heavy atom. The summed E-state index contributed by atoms with van der Waals surface area (Å²) >= 11 is 1.44. The van der Waals surface area contributed by atoms with Crippen molar-refractivity contribution in [1.82, 2.24) is 24.4 Å². The summed E-state index contributed by atoms with van der Waals surface area (Å²) in [7, 11) is 6.97. The van der Waals surface area contributed by atoms with Crippen LogP contribution in [0.2, 0.25) is 0 Å². The number of methoxy groups -OCH3 is 3. The Kier molecular flexibility index (Phi) is 5.72. The number of aromatic hydroxyl groups is 1. The van der Waals surface area contributed by atoms with Gasteiger partial charge in [-0.05, 0) is 20.0 Å². The molecular weight excluding hydrogens is 406 g/mol. The Bertz CT molecular complexity index is 1040. The molecule has 0 aliphatic carbocycles. The lowest BCUT2D eigenvalue weighted by molar-refractivity contribution is 0.125. The molecule has 1 aliphatic rings. The summed E-state index contributed by atoms with van der Waals surface area (Å²) in [5.41, 5.74) is 0.870. The molecule has 1 aliphatic heterocycles. The third-order valence-electron chi connectivity index (χ3n) is 5.47. The molecule has 0 bridgehead atoms. The van der Waals surface area contributed by atoms with Crippen LogP contribution in [0.4, 0.5) is 0 Å². The molecular formula is C20H27N5O4S. The van der Waals surface area contributed by atoms with E-state index in [1.54, 1.807) is 27.4 Å². The number of likely N-dealkylation sites (N-methyl/N-ethyl adjacent to an activating group) is 1. The fourth-order valence-corrected chi connectivity index (χ4v) is 5.05. The molecule has 4 rings (SSSR count). The molecule has 0 saturated carbocycles. The topological polar surface area (TPSA) is 84.6 Å². The molecule has 0 spiro atoms. The van der Waals surface area contributed by atoms with Gasteiger partial charge < -0.3 is 24.2 Å². The average molecular weight is 434 g/mol. The van der Waals surface area contributed by atoms with Crippen LogP contribution in [0.3, 0.4) is 0 Å². The van der Waals surface area contributed by atoms with Crippen molar-refractivity contribution in [2.24, 2.45) is 0 Å². The van der Waals surface area contributed by atoms with Gasteiger partial charge in [0.1, 0.15) is 11.6 Å². The van der Waals surface area contributed by atoms with Crippen molar-refractivity contribution >= 4 is 16.3 Å². The number of hydrogen-bond acceptors (Lipinski definition) is 9. The number of hydrogen-bond donors (Lipinski definition) is 1. The summed E-state index contributed by atoms with van der Waals surface area (Å²) < 4.78 is 18.4. The van der Waals surface area contributed by atoms with E-state index in [9.17, 15) is 5.11 Å². The van der Waals surface area contributed by atoms with Crippen LogP contribution in [0.1, 0.15) is 22.3 Å². The van der Waals surface area contributed by atoms with Crippen LogP contribution < -0.4 is 14.2 Å². The minimum Gasteiger partial charge on any atom is -0.497 e. The number of piperazine rings is 1. The van der Waals surface area contributed by atoms with Gasteiger partial charge in [-0.3, -0.25) is 4.90 Å². The highest BCUT2D eigenvalue weighted by Crippen LogP contribution is 2.47. The average Bonchev–Trinajstić information content (AvgIpc) is 3.26. The summed E-state index contributed by atoms with van der Waals surface area (Å²) in [5.74, 6) is 2.59. The molecule has 0 amide bonds. The minimum atomic E-state index is -0.258. The molecule has 162 valence electrons. The summed E-state index contributed by atoms with van der Waals surface area (Å²) in [4.78, 5) is 10.5.